The van der Waals surface area contributed by atoms with E-state index < -0.39 is 11.7 Å². The molecule has 2 N–H and O–H groups in total. The first kappa shape index (κ1) is 16.6. The molecule has 0 saturated heterocycles. The number of hydrogen-bond acceptors (Lipinski definition) is 6. The molecule has 128 valence electrons. The molecule has 25 heavy (non-hydrogen) atoms. The lowest BCUT2D eigenvalue weighted by molar-refractivity contribution is -0.137. The van der Waals surface area contributed by atoms with Crippen LogP contribution in [0.4, 0.5) is 30.6 Å². The van der Waals surface area contributed by atoms with Gasteiger partial charge in [0.1, 0.15) is 0 Å². The zero-order valence-electron chi connectivity index (χ0n) is 12.8. The van der Waals surface area contributed by atoms with E-state index in [4.69, 9.17) is 0 Å². The molecule has 9 heteroatoms. The fourth-order valence-electron chi connectivity index (χ4n) is 2.03. The molecule has 0 spiro atoms. The molecule has 0 unspecified atom stereocenters. The zero-order valence-corrected chi connectivity index (χ0v) is 12.8. The Morgan fingerprint density at radius 3 is 2.68 bits per heavy atom. The Kier molecular flexibility index (Phi) is 4.73. The van der Waals surface area contributed by atoms with Crippen LogP contribution in [0, 0.1) is 0 Å². The number of anilines is 3. The van der Waals surface area contributed by atoms with Gasteiger partial charge in [-0.1, -0.05) is 12.1 Å². The molecule has 0 aliphatic carbocycles. The van der Waals surface area contributed by atoms with E-state index >= 15 is 0 Å². The maximum absolute atomic E-state index is 12.7. The van der Waals surface area contributed by atoms with Gasteiger partial charge in [-0.05, 0) is 30.3 Å². The van der Waals surface area contributed by atoms with Crippen LogP contribution in [0.1, 0.15) is 11.3 Å². The van der Waals surface area contributed by atoms with Crippen molar-refractivity contribution in [2.45, 2.75) is 12.7 Å². The molecule has 0 aliphatic heterocycles. The maximum atomic E-state index is 12.7. The van der Waals surface area contributed by atoms with E-state index in [-0.39, 0.29) is 11.6 Å². The highest BCUT2D eigenvalue weighted by atomic mass is 19.4. The number of pyridine rings is 1. The number of hydrogen-bond donors (Lipinski definition) is 2. The third kappa shape index (κ3) is 4.63. The van der Waals surface area contributed by atoms with Gasteiger partial charge in [0.05, 0.1) is 24.0 Å². The van der Waals surface area contributed by atoms with Gasteiger partial charge in [-0.3, -0.25) is 4.98 Å². The van der Waals surface area contributed by atoms with Crippen LogP contribution in [0.2, 0.25) is 0 Å². The molecule has 0 bridgehead atoms. The van der Waals surface area contributed by atoms with E-state index in [0.29, 0.717) is 12.4 Å². The predicted molar refractivity (Wildman–Crippen MR) is 86.1 cm³/mol. The van der Waals surface area contributed by atoms with Crippen LogP contribution in [-0.4, -0.2) is 20.2 Å². The lowest BCUT2D eigenvalue weighted by Crippen LogP contribution is -2.07. The number of nitrogens with zero attached hydrogens (tertiary/aromatic N) is 4. The molecule has 0 saturated carbocycles. The number of halogens is 3. The van der Waals surface area contributed by atoms with Gasteiger partial charge in [0.15, 0.2) is 5.82 Å². The third-order valence-electron chi connectivity index (χ3n) is 3.18. The minimum absolute atomic E-state index is 0.0883. The Morgan fingerprint density at radius 2 is 1.92 bits per heavy atom. The fourth-order valence-corrected chi connectivity index (χ4v) is 2.03. The van der Waals surface area contributed by atoms with Crippen molar-refractivity contribution in [3.8, 4) is 0 Å². The lowest BCUT2D eigenvalue weighted by Gasteiger charge is -2.10. The Hall–Kier alpha value is -3.23. The van der Waals surface area contributed by atoms with Crippen molar-refractivity contribution in [1.82, 2.24) is 20.2 Å². The Labute approximate surface area is 141 Å². The van der Waals surface area contributed by atoms with Crippen LogP contribution in [0.5, 0.6) is 0 Å². The number of benzene rings is 1. The fraction of sp³-hybridized carbons (Fsp3) is 0.125. The van der Waals surface area contributed by atoms with Gasteiger partial charge in [-0.25, -0.2) is 0 Å². The van der Waals surface area contributed by atoms with Crippen LogP contribution in [0.15, 0.2) is 54.9 Å². The second-order valence-electron chi connectivity index (χ2n) is 5.04. The molecule has 0 amide bonds. The summed E-state index contributed by atoms with van der Waals surface area (Å²) in [5.74, 6) is 0.514. The number of rotatable bonds is 5. The maximum Gasteiger partial charge on any atom is 0.416 e. The van der Waals surface area contributed by atoms with Gasteiger partial charge >= 0.3 is 6.18 Å². The number of alkyl halides is 3. The van der Waals surface area contributed by atoms with Crippen LogP contribution in [0.25, 0.3) is 0 Å². The highest BCUT2D eigenvalue weighted by Crippen LogP contribution is 2.31. The van der Waals surface area contributed by atoms with Crippen molar-refractivity contribution in [3.63, 3.8) is 0 Å². The van der Waals surface area contributed by atoms with Crippen molar-refractivity contribution < 1.29 is 13.2 Å². The molecule has 6 nitrogen and oxygen atoms in total. The van der Waals surface area contributed by atoms with Crippen molar-refractivity contribution in [3.05, 3.63) is 66.1 Å². The number of aromatic nitrogens is 4. The smallest absolute Gasteiger partial charge is 0.363 e. The topological polar surface area (TPSA) is 75.6 Å². The summed E-state index contributed by atoms with van der Waals surface area (Å²) in [7, 11) is 0. The van der Waals surface area contributed by atoms with Gasteiger partial charge < -0.3 is 10.6 Å². The van der Waals surface area contributed by atoms with E-state index in [1.807, 2.05) is 18.2 Å². The molecule has 0 radical (unpaired) electrons. The van der Waals surface area contributed by atoms with Gasteiger partial charge in [-0.2, -0.15) is 23.3 Å². The summed E-state index contributed by atoms with van der Waals surface area (Å²) in [4.78, 5) is 8.34. The van der Waals surface area contributed by atoms with Gasteiger partial charge in [-0.15, -0.1) is 5.10 Å². The third-order valence-corrected chi connectivity index (χ3v) is 3.18. The first-order valence-corrected chi connectivity index (χ1v) is 7.28. The average molecular weight is 346 g/mol. The molecule has 1 aromatic carbocycles. The van der Waals surface area contributed by atoms with Crippen molar-refractivity contribution >= 4 is 17.5 Å². The van der Waals surface area contributed by atoms with E-state index in [2.05, 4.69) is 30.8 Å². The summed E-state index contributed by atoms with van der Waals surface area (Å²) in [5, 5.41) is 13.3. The monoisotopic (exact) mass is 346 g/mol. The van der Waals surface area contributed by atoms with Crippen LogP contribution in [0.3, 0.4) is 0 Å². The molecule has 0 aliphatic rings. The first-order chi connectivity index (χ1) is 12.0. The molecule has 3 rings (SSSR count). The Bertz CT molecular complexity index is 839. The quantitative estimate of drug-likeness (QED) is 0.735. The Balaban J connectivity index is 1.69. The van der Waals surface area contributed by atoms with Crippen LogP contribution in [-0.2, 0) is 12.7 Å². The summed E-state index contributed by atoms with van der Waals surface area (Å²) in [6, 6.07) is 10.3. The van der Waals surface area contributed by atoms with Gasteiger partial charge in [0, 0.05) is 11.9 Å². The zero-order chi connectivity index (χ0) is 17.7. The summed E-state index contributed by atoms with van der Waals surface area (Å²) < 4.78 is 38.2. The normalized spacial score (nSPS) is 11.2. The highest BCUT2D eigenvalue weighted by Gasteiger charge is 2.30. The van der Waals surface area contributed by atoms with Crippen molar-refractivity contribution in [2.24, 2.45) is 0 Å². The molecular weight excluding hydrogens is 333 g/mol. The predicted octanol–water partition coefficient (Wildman–Crippen LogP) is 3.64. The van der Waals surface area contributed by atoms with Crippen LogP contribution >= 0.6 is 0 Å². The van der Waals surface area contributed by atoms with E-state index in [1.165, 1.54) is 18.3 Å². The molecule has 2 aromatic heterocycles. The van der Waals surface area contributed by atoms with Crippen molar-refractivity contribution in [1.29, 1.82) is 0 Å². The first-order valence-electron chi connectivity index (χ1n) is 7.28. The molecule has 0 atom stereocenters. The summed E-state index contributed by atoms with van der Waals surface area (Å²) in [5.41, 5.74) is 0.280. The summed E-state index contributed by atoms with van der Waals surface area (Å²) in [6.07, 6.45) is -1.32. The van der Waals surface area contributed by atoms with Crippen LogP contribution < -0.4 is 10.6 Å². The second-order valence-corrected chi connectivity index (χ2v) is 5.04. The molecule has 0 fully saturated rings. The van der Waals surface area contributed by atoms with Crippen molar-refractivity contribution in [2.75, 3.05) is 10.6 Å². The minimum Gasteiger partial charge on any atom is -0.363 e. The molecule has 2 heterocycles. The number of nitrogens with one attached hydrogen (secondary N) is 2. The standard InChI is InChI=1S/C16H13F3N6/c17-16(18,19)11-4-3-6-12(8-11)23-15-24-14(10-22-25-15)21-9-13-5-1-2-7-20-13/h1-8,10H,9H2,(H2,21,23,24,25). The molecular formula is C16H13F3N6. The summed E-state index contributed by atoms with van der Waals surface area (Å²) >= 11 is 0. The summed E-state index contributed by atoms with van der Waals surface area (Å²) in [6.45, 7) is 0.433. The van der Waals surface area contributed by atoms with Gasteiger partial charge in [0.2, 0.25) is 5.95 Å². The highest BCUT2D eigenvalue weighted by molar-refractivity contribution is 5.55. The lowest BCUT2D eigenvalue weighted by atomic mass is 10.2. The minimum atomic E-state index is -4.41. The SMILES string of the molecule is FC(F)(F)c1cccc(Nc2nncc(NCc3ccccn3)n2)c1. The molecule has 3 aromatic rings. The Morgan fingerprint density at radius 1 is 1.04 bits per heavy atom. The largest absolute Gasteiger partial charge is 0.416 e. The van der Waals surface area contributed by atoms with E-state index in [0.717, 1.165) is 17.8 Å². The van der Waals surface area contributed by atoms with Gasteiger partial charge in [0.25, 0.3) is 0 Å². The second kappa shape index (κ2) is 7.12. The average Bonchev–Trinajstić information content (AvgIpc) is 2.61. The van der Waals surface area contributed by atoms with E-state index in [9.17, 15) is 13.2 Å². The van der Waals surface area contributed by atoms with E-state index in [1.54, 1.807) is 6.20 Å².